The molecular weight excluding hydrogens is 272 g/mol. The van der Waals surface area contributed by atoms with Crippen LogP contribution < -0.4 is 11.1 Å². The molecule has 2 heterocycles. The van der Waals surface area contributed by atoms with Crippen LogP contribution in [0.15, 0.2) is 27.3 Å². The van der Waals surface area contributed by atoms with Crippen LogP contribution in [0.1, 0.15) is 11.5 Å². The third-order valence-corrected chi connectivity index (χ3v) is 2.82. The van der Waals surface area contributed by atoms with Crippen LogP contribution in [-0.2, 0) is 6.54 Å². The van der Waals surface area contributed by atoms with E-state index in [1.165, 1.54) is 6.33 Å². The Hall–Kier alpha value is -1.56. The topological polar surface area (TPSA) is 77.0 Å². The van der Waals surface area contributed by atoms with Gasteiger partial charge < -0.3 is 15.5 Å². The van der Waals surface area contributed by atoms with Gasteiger partial charge in [0.15, 0.2) is 0 Å². The van der Waals surface area contributed by atoms with Gasteiger partial charge in [-0.2, -0.15) is 0 Å². The van der Waals surface area contributed by atoms with E-state index in [-0.39, 0.29) is 0 Å². The Balaban J connectivity index is 2.07. The second-order valence-electron chi connectivity index (χ2n) is 3.29. The summed E-state index contributed by atoms with van der Waals surface area (Å²) in [4.78, 5) is 7.93. The maximum atomic E-state index is 5.63. The molecule has 0 saturated carbocycles. The lowest BCUT2D eigenvalue weighted by Gasteiger charge is -2.06. The maximum Gasteiger partial charge on any atom is 0.146 e. The van der Waals surface area contributed by atoms with Crippen LogP contribution in [0.25, 0.3) is 0 Å². The number of aryl methyl sites for hydroxylation is 1. The van der Waals surface area contributed by atoms with Crippen molar-refractivity contribution in [3.63, 3.8) is 0 Å². The van der Waals surface area contributed by atoms with E-state index in [2.05, 4.69) is 31.2 Å². The van der Waals surface area contributed by atoms with Gasteiger partial charge in [-0.05, 0) is 35.0 Å². The van der Waals surface area contributed by atoms with Crippen molar-refractivity contribution in [2.45, 2.75) is 13.5 Å². The molecule has 0 spiro atoms. The number of hydrogen-bond acceptors (Lipinski definition) is 5. The number of hydrogen-bond donors (Lipinski definition) is 2. The fourth-order valence-corrected chi connectivity index (χ4v) is 1.60. The normalized spacial score (nSPS) is 10.4. The second kappa shape index (κ2) is 4.52. The molecule has 6 heteroatoms. The molecule has 0 aliphatic heterocycles. The summed E-state index contributed by atoms with van der Waals surface area (Å²) < 4.78 is 6.09. The second-order valence-corrected chi connectivity index (χ2v) is 4.08. The van der Waals surface area contributed by atoms with Crippen molar-refractivity contribution in [3.8, 4) is 0 Å². The van der Waals surface area contributed by atoms with Gasteiger partial charge in [-0.15, -0.1) is 0 Å². The van der Waals surface area contributed by atoms with Gasteiger partial charge in [0.1, 0.15) is 34.0 Å². The molecule has 0 atom stereocenters. The number of halogens is 1. The first-order chi connectivity index (χ1) is 7.66. The fraction of sp³-hybridized carbons (Fsp3) is 0.200. The molecule has 2 aromatic heterocycles. The Kier molecular flexibility index (Phi) is 3.09. The molecule has 0 unspecified atom stereocenters. The Morgan fingerprint density at radius 1 is 1.44 bits per heavy atom. The average molecular weight is 283 g/mol. The molecule has 16 heavy (non-hydrogen) atoms. The molecule has 2 rings (SSSR count). The summed E-state index contributed by atoms with van der Waals surface area (Å²) in [7, 11) is 0. The molecular formula is C10H11BrN4O. The first-order valence-electron chi connectivity index (χ1n) is 4.72. The summed E-state index contributed by atoms with van der Waals surface area (Å²) in [6, 6.07) is 3.83. The molecule has 84 valence electrons. The van der Waals surface area contributed by atoms with E-state index in [4.69, 9.17) is 10.2 Å². The zero-order valence-corrected chi connectivity index (χ0v) is 10.3. The van der Waals surface area contributed by atoms with Gasteiger partial charge in [-0.3, -0.25) is 0 Å². The van der Waals surface area contributed by atoms with E-state index in [0.717, 1.165) is 11.5 Å². The molecule has 0 aliphatic carbocycles. The molecule has 0 radical (unpaired) electrons. The average Bonchev–Trinajstić information content (AvgIpc) is 2.67. The number of aromatic nitrogens is 2. The summed E-state index contributed by atoms with van der Waals surface area (Å²) in [5, 5.41) is 3.11. The smallest absolute Gasteiger partial charge is 0.146 e. The predicted molar refractivity (Wildman–Crippen MR) is 64.9 cm³/mol. The van der Waals surface area contributed by atoms with Crippen molar-refractivity contribution >= 4 is 27.6 Å². The monoisotopic (exact) mass is 282 g/mol. The lowest BCUT2D eigenvalue weighted by Crippen LogP contribution is -2.03. The Bertz CT molecular complexity index is 497. The SMILES string of the molecule is Cc1ccc(CNc2ncnc(N)c2Br)o1. The van der Waals surface area contributed by atoms with Crippen LogP contribution in [0.2, 0.25) is 0 Å². The van der Waals surface area contributed by atoms with E-state index < -0.39 is 0 Å². The Morgan fingerprint density at radius 3 is 2.94 bits per heavy atom. The van der Waals surface area contributed by atoms with Crippen LogP contribution in [0, 0.1) is 6.92 Å². The fourth-order valence-electron chi connectivity index (χ4n) is 1.26. The minimum atomic E-state index is 0.410. The van der Waals surface area contributed by atoms with Gasteiger partial charge >= 0.3 is 0 Å². The van der Waals surface area contributed by atoms with Crippen molar-refractivity contribution in [2.75, 3.05) is 11.1 Å². The molecule has 0 bridgehead atoms. The first-order valence-corrected chi connectivity index (χ1v) is 5.51. The largest absolute Gasteiger partial charge is 0.465 e. The highest BCUT2D eigenvalue weighted by Crippen LogP contribution is 2.24. The van der Waals surface area contributed by atoms with Crippen molar-refractivity contribution in [1.29, 1.82) is 0 Å². The molecule has 0 saturated heterocycles. The molecule has 0 amide bonds. The van der Waals surface area contributed by atoms with E-state index >= 15 is 0 Å². The Labute approximate surface area is 101 Å². The number of anilines is 2. The van der Waals surface area contributed by atoms with Crippen molar-refractivity contribution < 1.29 is 4.42 Å². The summed E-state index contributed by atoms with van der Waals surface area (Å²) in [5.41, 5.74) is 5.63. The summed E-state index contributed by atoms with van der Waals surface area (Å²) in [5.74, 6) is 2.80. The number of furan rings is 1. The maximum absolute atomic E-state index is 5.63. The summed E-state index contributed by atoms with van der Waals surface area (Å²) >= 11 is 3.32. The van der Waals surface area contributed by atoms with E-state index in [1.807, 2.05) is 19.1 Å². The van der Waals surface area contributed by atoms with Gasteiger partial charge in [-0.25, -0.2) is 9.97 Å². The molecule has 3 N–H and O–H groups in total. The minimum absolute atomic E-state index is 0.410. The van der Waals surface area contributed by atoms with Crippen LogP contribution in [0.3, 0.4) is 0 Å². The number of nitrogen functional groups attached to an aromatic ring is 1. The van der Waals surface area contributed by atoms with Crippen molar-refractivity contribution in [2.24, 2.45) is 0 Å². The van der Waals surface area contributed by atoms with E-state index in [1.54, 1.807) is 0 Å². The summed E-state index contributed by atoms with van der Waals surface area (Å²) in [6.45, 7) is 2.46. The van der Waals surface area contributed by atoms with Gasteiger partial charge in [0, 0.05) is 0 Å². The molecule has 0 aromatic carbocycles. The minimum Gasteiger partial charge on any atom is -0.465 e. The van der Waals surface area contributed by atoms with Crippen molar-refractivity contribution in [1.82, 2.24) is 9.97 Å². The van der Waals surface area contributed by atoms with Crippen molar-refractivity contribution in [3.05, 3.63) is 34.5 Å². The number of rotatable bonds is 3. The van der Waals surface area contributed by atoms with Crippen LogP contribution in [-0.4, -0.2) is 9.97 Å². The number of nitrogens with one attached hydrogen (secondary N) is 1. The molecule has 0 fully saturated rings. The highest BCUT2D eigenvalue weighted by Gasteiger charge is 2.06. The third-order valence-electron chi connectivity index (χ3n) is 2.04. The van der Waals surface area contributed by atoms with E-state index in [9.17, 15) is 0 Å². The zero-order chi connectivity index (χ0) is 11.5. The molecule has 2 aromatic rings. The molecule has 0 aliphatic rings. The summed E-state index contributed by atoms with van der Waals surface area (Å²) in [6.07, 6.45) is 1.41. The van der Waals surface area contributed by atoms with Gasteiger partial charge in [0.2, 0.25) is 0 Å². The van der Waals surface area contributed by atoms with Crippen LogP contribution in [0.5, 0.6) is 0 Å². The van der Waals surface area contributed by atoms with Crippen LogP contribution >= 0.6 is 15.9 Å². The quantitative estimate of drug-likeness (QED) is 0.904. The highest BCUT2D eigenvalue weighted by molar-refractivity contribution is 9.10. The molecule has 5 nitrogen and oxygen atoms in total. The number of nitrogens with zero attached hydrogens (tertiary/aromatic N) is 2. The van der Waals surface area contributed by atoms with E-state index in [0.29, 0.717) is 22.7 Å². The van der Waals surface area contributed by atoms with Gasteiger partial charge in [-0.1, -0.05) is 0 Å². The van der Waals surface area contributed by atoms with Gasteiger partial charge in [0.05, 0.1) is 6.54 Å². The Morgan fingerprint density at radius 2 is 2.25 bits per heavy atom. The highest BCUT2D eigenvalue weighted by atomic mass is 79.9. The predicted octanol–water partition coefficient (Wildman–Crippen LogP) is 2.33. The van der Waals surface area contributed by atoms with Crippen LogP contribution in [0.4, 0.5) is 11.6 Å². The zero-order valence-electron chi connectivity index (χ0n) is 8.70. The lowest BCUT2D eigenvalue weighted by molar-refractivity contribution is 0.490. The third kappa shape index (κ3) is 2.33. The number of nitrogens with two attached hydrogens (primary N) is 1. The lowest BCUT2D eigenvalue weighted by atomic mass is 10.4. The standard InChI is InChI=1S/C10H11BrN4O/c1-6-2-3-7(16-6)4-13-10-8(11)9(12)14-5-15-10/h2-3,5H,4H2,1H3,(H3,12,13,14,15). The van der Waals surface area contributed by atoms with Gasteiger partial charge in [0.25, 0.3) is 0 Å². The first kappa shape index (κ1) is 10.9.